The molecule has 4 unspecified atom stereocenters. The summed E-state index contributed by atoms with van der Waals surface area (Å²) in [4.78, 5) is 22.9. The summed E-state index contributed by atoms with van der Waals surface area (Å²) >= 11 is 0. The van der Waals surface area contributed by atoms with Gasteiger partial charge >= 0.3 is 11.9 Å². The Hall–Kier alpha value is -1.22. The highest BCUT2D eigenvalue weighted by Crippen LogP contribution is 2.14. The summed E-state index contributed by atoms with van der Waals surface area (Å²) in [5.74, 6) is -2.59. The van der Waals surface area contributed by atoms with Crippen molar-refractivity contribution in [1.29, 1.82) is 0 Å². The van der Waals surface area contributed by atoms with Gasteiger partial charge in [0.05, 0.1) is 6.61 Å². The SMILES string of the molecule is CCCCCCCCCCCCCCCCCCOC(=O)C(OCC)C(O)C(O)C(O)C(=O)O. The van der Waals surface area contributed by atoms with Crippen LogP contribution in [0.3, 0.4) is 0 Å². The maximum absolute atomic E-state index is 12.2. The molecule has 0 aliphatic carbocycles. The fourth-order valence-electron chi connectivity index (χ4n) is 3.90. The zero-order valence-corrected chi connectivity index (χ0v) is 21.5. The molecule has 0 spiro atoms. The van der Waals surface area contributed by atoms with Crippen LogP contribution in [0.2, 0.25) is 0 Å². The number of hydrogen-bond acceptors (Lipinski definition) is 7. The van der Waals surface area contributed by atoms with Gasteiger partial charge in [0.25, 0.3) is 0 Å². The van der Waals surface area contributed by atoms with Crippen LogP contribution < -0.4 is 0 Å². The van der Waals surface area contributed by atoms with Gasteiger partial charge in [0.15, 0.2) is 12.2 Å². The largest absolute Gasteiger partial charge is 0.479 e. The summed E-state index contributed by atoms with van der Waals surface area (Å²) in [5, 5.41) is 37.9. The number of aliphatic hydroxyl groups is 3. The average molecular weight is 491 g/mol. The van der Waals surface area contributed by atoms with Crippen LogP contribution in [-0.2, 0) is 19.1 Å². The van der Waals surface area contributed by atoms with E-state index in [0.29, 0.717) is 6.42 Å². The van der Waals surface area contributed by atoms with Crippen LogP contribution in [0.4, 0.5) is 0 Å². The Morgan fingerprint density at radius 3 is 1.44 bits per heavy atom. The van der Waals surface area contributed by atoms with Gasteiger partial charge in [0.2, 0.25) is 0 Å². The number of carbonyl (C=O) groups excluding carboxylic acids is 1. The quantitative estimate of drug-likeness (QED) is 0.116. The molecule has 0 rings (SSSR count). The third-order valence-electron chi connectivity index (χ3n) is 6.06. The van der Waals surface area contributed by atoms with Gasteiger partial charge in [-0.25, -0.2) is 9.59 Å². The monoisotopic (exact) mass is 490 g/mol. The number of unbranched alkanes of at least 4 members (excludes halogenated alkanes) is 15. The Balaban J connectivity index is 3.75. The van der Waals surface area contributed by atoms with E-state index in [2.05, 4.69) is 6.92 Å². The lowest BCUT2D eigenvalue weighted by molar-refractivity contribution is -0.181. The van der Waals surface area contributed by atoms with Crippen molar-refractivity contribution in [2.45, 2.75) is 141 Å². The zero-order chi connectivity index (χ0) is 25.6. The molecular weight excluding hydrogens is 440 g/mol. The van der Waals surface area contributed by atoms with Crippen molar-refractivity contribution in [1.82, 2.24) is 0 Å². The molecule has 0 aromatic carbocycles. The minimum absolute atomic E-state index is 0.0474. The first kappa shape index (κ1) is 32.8. The van der Waals surface area contributed by atoms with Gasteiger partial charge in [-0.2, -0.15) is 0 Å². The predicted molar refractivity (Wildman–Crippen MR) is 132 cm³/mol. The number of hydrogen-bond donors (Lipinski definition) is 4. The molecule has 0 saturated heterocycles. The van der Waals surface area contributed by atoms with Gasteiger partial charge in [-0.3, -0.25) is 0 Å². The minimum Gasteiger partial charge on any atom is -0.479 e. The molecule has 8 heteroatoms. The van der Waals surface area contributed by atoms with E-state index in [1.165, 1.54) is 77.0 Å². The fraction of sp³-hybridized carbons (Fsp3) is 0.923. The van der Waals surface area contributed by atoms with Crippen LogP contribution in [0.25, 0.3) is 0 Å². The summed E-state index contributed by atoms with van der Waals surface area (Å²) in [6, 6.07) is 0. The van der Waals surface area contributed by atoms with E-state index in [4.69, 9.17) is 14.6 Å². The number of carboxylic acids is 1. The molecule has 0 aromatic heterocycles. The van der Waals surface area contributed by atoms with Crippen molar-refractivity contribution in [3.8, 4) is 0 Å². The van der Waals surface area contributed by atoms with E-state index in [1.54, 1.807) is 6.92 Å². The smallest absolute Gasteiger partial charge is 0.338 e. The summed E-state index contributed by atoms with van der Waals surface area (Å²) in [5.41, 5.74) is 0. The van der Waals surface area contributed by atoms with Crippen LogP contribution in [-0.4, -0.2) is 70.0 Å². The number of esters is 1. The normalized spacial score (nSPS) is 15.0. The lowest BCUT2D eigenvalue weighted by Crippen LogP contribution is -2.51. The van der Waals surface area contributed by atoms with E-state index in [9.17, 15) is 24.9 Å². The van der Waals surface area contributed by atoms with Crippen molar-refractivity contribution < 1.29 is 39.5 Å². The average Bonchev–Trinajstić information content (AvgIpc) is 2.82. The Kier molecular flexibility index (Phi) is 21.5. The van der Waals surface area contributed by atoms with Crippen LogP contribution in [0.1, 0.15) is 117 Å². The molecule has 202 valence electrons. The van der Waals surface area contributed by atoms with Gasteiger partial charge < -0.3 is 29.9 Å². The van der Waals surface area contributed by atoms with Gasteiger partial charge in [0, 0.05) is 6.61 Å². The fourth-order valence-corrected chi connectivity index (χ4v) is 3.90. The van der Waals surface area contributed by atoms with Crippen molar-refractivity contribution >= 4 is 11.9 Å². The Morgan fingerprint density at radius 2 is 1.06 bits per heavy atom. The number of ether oxygens (including phenoxy) is 2. The van der Waals surface area contributed by atoms with E-state index < -0.39 is 36.4 Å². The van der Waals surface area contributed by atoms with Gasteiger partial charge in [-0.1, -0.05) is 103 Å². The second-order valence-corrected chi connectivity index (χ2v) is 9.11. The molecule has 0 aromatic rings. The maximum atomic E-state index is 12.2. The van der Waals surface area contributed by atoms with E-state index in [1.807, 2.05) is 0 Å². The van der Waals surface area contributed by atoms with Gasteiger partial charge in [-0.05, 0) is 13.3 Å². The molecule has 4 N–H and O–H groups in total. The van der Waals surface area contributed by atoms with Crippen molar-refractivity contribution in [3.05, 3.63) is 0 Å². The van der Waals surface area contributed by atoms with Gasteiger partial charge in [-0.15, -0.1) is 0 Å². The third kappa shape index (κ3) is 16.4. The molecule has 0 aliphatic rings. The Morgan fingerprint density at radius 1 is 0.647 bits per heavy atom. The second kappa shape index (κ2) is 22.3. The third-order valence-corrected chi connectivity index (χ3v) is 6.06. The van der Waals surface area contributed by atoms with Crippen LogP contribution in [0.5, 0.6) is 0 Å². The first-order valence-electron chi connectivity index (χ1n) is 13.4. The number of aliphatic carboxylic acids is 1. The lowest BCUT2D eigenvalue weighted by atomic mass is 10.0. The Labute approximate surface area is 206 Å². The lowest BCUT2D eigenvalue weighted by Gasteiger charge is -2.26. The molecule has 4 atom stereocenters. The first-order valence-corrected chi connectivity index (χ1v) is 13.4. The molecule has 0 bridgehead atoms. The maximum Gasteiger partial charge on any atom is 0.338 e. The van der Waals surface area contributed by atoms with Crippen molar-refractivity contribution in [3.63, 3.8) is 0 Å². The molecule has 0 amide bonds. The molecule has 34 heavy (non-hydrogen) atoms. The number of aliphatic hydroxyl groups excluding tert-OH is 3. The number of carbonyl (C=O) groups is 2. The molecule has 0 aliphatic heterocycles. The summed E-state index contributed by atoms with van der Waals surface area (Å²) < 4.78 is 10.2. The van der Waals surface area contributed by atoms with Crippen molar-refractivity contribution in [2.75, 3.05) is 13.2 Å². The number of carboxylic acid groups (broad SMARTS) is 1. The minimum atomic E-state index is -2.23. The van der Waals surface area contributed by atoms with E-state index >= 15 is 0 Å². The topological polar surface area (TPSA) is 134 Å². The number of rotatable bonds is 24. The highest BCUT2D eigenvalue weighted by Gasteiger charge is 2.39. The zero-order valence-electron chi connectivity index (χ0n) is 21.5. The molecule has 0 fully saturated rings. The Bertz CT molecular complexity index is 499. The van der Waals surface area contributed by atoms with Gasteiger partial charge in [0.1, 0.15) is 12.2 Å². The second-order valence-electron chi connectivity index (χ2n) is 9.11. The molecule has 0 saturated carbocycles. The van der Waals surface area contributed by atoms with Crippen molar-refractivity contribution in [2.24, 2.45) is 0 Å². The summed E-state index contributed by atoms with van der Waals surface area (Å²) in [6.07, 6.45) is 12.1. The first-order chi connectivity index (χ1) is 16.4. The molecular formula is C26H50O8. The summed E-state index contributed by atoms with van der Waals surface area (Å²) in [7, 11) is 0. The van der Waals surface area contributed by atoms with E-state index in [-0.39, 0.29) is 13.2 Å². The standard InChI is InChI=1S/C26H50O8/c1-3-5-6-7-8-9-10-11-12-13-14-15-16-17-18-19-20-34-26(32)24(33-4-2)22(28)21(27)23(29)25(30)31/h21-24,27-29H,3-20H2,1-2H3,(H,30,31). The summed E-state index contributed by atoms with van der Waals surface area (Å²) in [6.45, 7) is 4.04. The van der Waals surface area contributed by atoms with Crippen LogP contribution in [0, 0.1) is 0 Å². The highest BCUT2D eigenvalue weighted by atomic mass is 16.6. The predicted octanol–water partition coefficient (Wildman–Crippen LogP) is 4.36. The molecule has 0 radical (unpaired) electrons. The van der Waals surface area contributed by atoms with Crippen LogP contribution in [0.15, 0.2) is 0 Å². The van der Waals surface area contributed by atoms with E-state index in [0.717, 1.165) is 19.3 Å². The molecule has 0 heterocycles. The highest BCUT2D eigenvalue weighted by molar-refractivity contribution is 5.76. The molecule has 8 nitrogen and oxygen atoms in total. The van der Waals surface area contributed by atoms with Crippen LogP contribution >= 0.6 is 0 Å².